The van der Waals surface area contributed by atoms with Crippen molar-refractivity contribution in [2.24, 2.45) is 11.3 Å². The Kier molecular flexibility index (Phi) is 5.63. The summed E-state index contributed by atoms with van der Waals surface area (Å²) < 4.78 is 4.56. The Morgan fingerprint density at radius 2 is 1.89 bits per heavy atom. The topological polar surface area (TPSA) is 55.4 Å². The number of rotatable bonds is 6. The molecule has 0 radical (unpaired) electrons. The summed E-state index contributed by atoms with van der Waals surface area (Å²) in [5.41, 5.74) is -0.190. The Bertz CT molecular complexity index is 293. The molecule has 1 fully saturated rings. The van der Waals surface area contributed by atoms with Crippen LogP contribution in [0.2, 0.25) is 0 Å². The first-order valence-corrected chi connectivity index (χ1v) is 6.85. The maximum Gasteiger partial charge on any atom is 0.307 e. The van der Waals surface area contributed by atoms with E-state index in [1.54, 1.807) is 0 Å². The van der Waals surface area contributed by atoms with Crippen LogP contribution in [0.3, 0.4) is 0 Å². The Labute approximate surface area is 109 Å². The van der Waals surface area contributed by atoms with Gasteiger partial charge in [-0.25, -0.2) is 0 Å². The van der Waals surface area contributed by atoms with Gasteiger partial charge in [0.1, 0.15) is 0 Å². The third-order valence-corrected chi connectivity index (χ3v) is 3.68. The minimum atomic E-state index is -0.278. The smallest absolute Gasteiger partial charge is 0.307 e. The predicted molar refractivity (Wildman–Crippen MR) is 70.0 cm³/mol. The Hall–Kier alpha value is -1.06. The molecule has 4 nitrogen and oxygen atoms in total. The first-order chi connectivity index (χ1) is 8.50. The monoisotopic (exact) mass is 255 g/mol. The number of methoxy groups -OCH3 is 1. The summed E-state index contributed by atoms with van der Waals surface area (Å²) >= 11 is 0. The SMILES string of the molecule is COC(=O)CCNC(=O)C1(CC(C)C)CCCC1. The molecule has 0 atom stereocenters. The first-order valence-electron chi connectivity index (χ1n) is 6.85. The van der Waals surface area contributed by atoms with Crippen LogP contribution in [0.4, 0.5) is 0 Å². The minimum Gasteiger partial charge on any atom is -0.469 e. The molecule has 0 bridgehead atoms. The van der Waals surface area contributed by atoms with Crippen LogP contribution in [0, 0.1) is 11.3 Å². The maximum absolute atomic E-state index is 12.3. The maximum atomic E-state index is 12.3. The van der Waals surface area contributed by atoms with Gasteiger partial charge in [0.15, 0.2) is 0 Å². The van der Waals surface area contributed by atoms with Crippen molar-refractivity contribution in [1.29, 1.82) is 0 Å². The fourth-order valence-corrected chi connectivity index (χ4v) is 2.92. The lowest BCUT2D eigenvalue weighted by atomic mass is 9.77. The van der Waals surface area contributed by atoms with Crippen molar-refractivity contribution in [3.8, 4) is 0 Å². The zero-order valence-electron chi connectivity index (χ0n) is 11.8. The summed E-state index contributed by atoms with van der Waals surface area (Å²) in [4.78, 5) is 23.3. The number of hydrogen-bond acceptors (Lipinski definition) is 3. The van der Waals surface area contributed by atoms with Gasteiger partial charge in [0.25, 0.3) is 0 Å². The molecule has 0 aromatic carbocycles. The zero-order chi connectivity index (χ0) is 13.6. The molecule has 1 saturated carbocycles. The molecule has 0 aromatic rings. The van der Waals surface area contributed by atoms with Crippen molar-refractivity contribution in [3.63, 3.8) is 0 Å². The third kappa shape index (κ3) is 4.00. The number of ether oxygens (including phenoxy) is 1. The van der Waals surface area contributed by atoms with E-state index in [1.807, 2.05) is 0 Å². The molecule has 1 rings (SSSR count). The van der Waals surface area contributed by atoms with Gasteiger partial charge in [-0.15, -0.1) is 0 Å². The van der Waals surface area contributed by atoms with Crippen LogP contribution in [-0.2, 0) is 14.3 Å². The van der Waals surface area contributed by atoms with Crippen molar-refractivity contribution in [2.45, 2.75) is 52.4 Å². The number of carbonyl (C=O) groups excluding carboxylic acids is 2. The van der Waals surface area contributed by atoms with E-state index in [2.05, 4.69) is 23.9 Å². The fourth-order valence-electron chi connectivity index (χ4n) is 2.92. The number of esters is 1. The van der Waals surface area contributed by atoms with Crippen LogP contribution in [0.25, 0.3) is 0 Å². The average molecular weight is 255 g/mol. The van der Waals surface area contributed by atoms with Gasteiger partial charge < -0.3 is 10.1 Å². The zero-order valence-corrected chi connectivity index (χ0v) is 11.8. The molecule has 1 N–H and O–H groups in total. The number of nitrogens with one attached hydrogen (secondary N) is 1. The first kappa shape index (κ1) is 15.0. The average Bonchev–Trinajstić information content (AvgIpc) is 2.77. The number of carbonyl (C=O) groups is 2. The van der Waals surface area contributed by atoms with Crippen molar-refractivity contribution in [1.82, 2.24) is 5.32 Å². The third-order valence-electron chi connectivity index (χ3n) is 3.68. The number of hydrogen-bond donors (Lipinski definition) is 1. The molecule has 4 heteroatoms. The molecule has 0 spiro atoms. The lowest BCUT2D eigenvalue weighted by molar-refractivity contribution is -0.140. The minimum absolute atomic E-state index is 0.123. The summed E-state index contributed by atoms with van der Waals surface area (Å²) in [5, 5.41) is 2.90. The van der Waals surface area contributed by atoms with Gasteiger partial charge in [-0.1, -0.05) is 26.7 Å². The molecule has 0 saturated heterocycles. The highest BCUT2D eigenvalue weighted by molar-refractivity contribution is 5.83. The van der Waals surface area contributed by atoms with Gasteiger partial charge in [-0.3, -0.25) is 9.59 Å². The summed E-state index contributed by atoms with van der Waals surface area (Å²) in [6.07, 6.45) is 5.43. The van der Waals surface area contributed by atoms with E-state index in [0.29, 0.717) is 12.5 Å². The Morgan fingerprint density at radius 1 is 1.28 bits per heavy atom. The summed E-state index contributed by atoms with van der Waals surface area (Å²) in [7, 11) is 1.36. The van der Waals surface area contributed by atoms with Crippen LogP contribution in [0.1, 0.15) is 52.4 Å². The quantitative estimate of drug-likeness (QED) is 0.741. The standard InChI is InChI=1S/C14H25NO3/c1-11(2)10-14(7-4-5-8-14)13(17)15-9-6-12(16)18-3/h11H,4-10H2,1-3H3,(H,15,17). The molecular formula is C14H25NO3. The molecule has 0 heterocycles. The second-order valence-electron chi connectivity index (χ2n) is 5.67. The summed E-state index contributed by atoms with van der Waals surface area (Å²) in [5.74, 6) is 0.367. The van der Waals surface area contributed by atoms with E-state index in [0.717, 1.165) is 32.1 Å². The van der Waals surface area contributed by atoms with Crippen LogP contribution in [-0.4, -0.2) is 25.5 Å². The molecule has 104 valence electrons. The normalized spacial score (nSPS) is 17.8. The van der Waals surface area contributed by atoms with Gasteiger partial charge in [-0.2, -0.15) is 0 Å². The lowest BCUT2D eigenvalue weighted by Crippen LogP contribution is -2.41. The van der Waals surface area contributed by atoms with E-state index in [9.17, 15) is 9.59 Å². The molecular weight excluding hydrogens is 230 g/mol. The molecule has 1 aliphatic carbocycles. The molecule has 0 aliphatic heterocycles. The highest BCUT2D eigenvalue weighted by atomic mass is 16.5. The molecule has 1 amide bonds. The van der Waals surface area contributed by atoms with Crippen LogP contribution >= 0.6 is 0 Å². The van der Waals surface area contributed by atoms with Gasteiger partial charge in [-0.05, 0) is 25.2 Å². The predicted octanol–water partition coefficient (Wildman–Crippen LogP) is 2.27. The van der Waals surface area contributed by atoms with E-state index in [1.165, 1.54) is 7.11 Å². The van der Waals surface area contributed by atoms with Crippen molar-refractivity contribution < 1.29 is 14.3 Å². The van der Waals surface area contributed by atoms with Gasteiger partial charge in [0.05, 0.1) is 13.5 Å². The highest BCUT2D eigenvalue weighted by Crippen LogP contribution is 2.43. The van der Waals surface area contributed by atoms with Crippen LogP contribution < -0.4 is 5.32 Å². The largest absolute Gasteiger partial charge is 0.469 e. The van der Waals surface area contributed by atoms with Crippen molar-refractivity contribution >= 4 is 11.9 Å². The second kappa shape index (κ2) is 6.76. The summed E-state index contributed by atoms with van der Waals surface area (Å²) in [6, 6.07) is 0. The number of amides is 1. The van der Waals surface area contributed by atoms with E-state index in [-0.39, 0.29) is 23.7 Å². The second-order valence-corrected chi connectivity index (χ2v) is 5.67. The summed E-state index contributed by atoms with van der Waals surface area (Å²) in [6.45, 7) is 4.69. The van der Waals surface area contributed by atoms with Crippen LogP contribution in [0.5, 0.6) is 0 Å². The van der Waals surface area contributed by atoms with Gasteiger partial charge in [0.2, 0.25) is 5.91 Å². The van der Waals surface area contributed by atoms with E-state index in [4.69, 9.17) is 0 Å². The molecule has 18 heavy (non-hydrogen) atoms. The van der Waals surface area contributed by atoms with Gasteiger partial charge >= 0.3 is 5.97 Å². The Balaban J connectivity index is 2.48. The molecule has 0 aromatic heterocycles. The van der Waals surface area contributed by atoms with Crippen molar-refractivity contribution in [2.75, 3.05) is 13.7 Å². The van der Waals surface area contributed by atoms with E-state index >= 15 is 0 Å². The van der Waals surface area contributed by atoms with Crippen LogP contribution in [0.15, 0.2) is 0 Å². The lowest BCUT2D eigenvalue weighted by Gasteiger charge is -2.29. The highest BCUT2D eigenvalue weighted by Gasteiger charge is 2.41. The molecule has 0 unspecified atom stereocenters. The van der Waals surface area contributed by atoms with Crippen molar-refractivity contribution in [3.05, 3.63) is 0 Å². The van der Waals surface area contributed by atoms with E-state index < -0.39 is 0 Å². The fraction of sp³-hybridized carbons (Fsp3) is 0.857. The Morgan fingerprint density at radius 3 is 2.39 bits per heavy atom. The van der Waals surface area contributed by atoms with Gasteiger partial charge in [0, 0.05) is 12.0 Å². The molecule has 1 aliphatic rings.